The third kappa shape index (κ3) is 1.44. The minimum atomic E-state index is -1.12. The van der Waals surface area contributed by atoms with Crippen molar-refractivity contribution < 1.29 is 13.2 Å². The average Bonchev–Trinajstić information content (AvgIpc) is 2.46. The van der Waals surface area contributed by atoms with Crippen molar-refractivity contribution in [1.82, 2.24) is 5.32 Å². The summed E-state index contributed by atoms with van der Waals surface area (Å²) in [6.45, 7) is 3.67. The first-order chi connectivity index (χ1) is 7.38. The van der Waals surface area contributed by atoms with Crippen LogP contribution in [0.1, 0.15) is 37.4 Å². The van der Waals surface area contributed by atoms with Crippen LogP contribution in [0.5, 0.6) is 0 Å². The molecule has 1 aromatic carbocycles. The largest absolute Gasteiger partial charge is 0.313 e. The fraction of sp³-hybridized carbons (Fsp3) is 0.500. The smallest absolute Gasteiger partial charge is 0.164 e. The van der Waals surface area contributed by atoms with Crippen molar-refractivity contribution >= 4 is 0 Å². The lowest BCUT2D eigenvalue weighted by atomic mass is 9.86. The maximum absolute atomic E-state index is 13.7. The fourth-order valence-corrected chi connectivity index (χ4v) is 2.59. The lowest BCUT2D eigenvalue weighted by Gasteiger charge is -2.19. The van der Waals surface area contributed by atoms with Gasteiger partial charge in [-0.05, 0) is 18.9 Å². The van der Waals surface area contributed by atoms with Gasteiger partial charge >= 0.3 is 0 Å². The summed E-state index contributed by atoms with van der Waals surface area (Å²) in [6.07, 6.45) is 0.566. The van der Waals surface area contributed by atoms with E-state index in [1.165, 1.54) is 0 Å². The zero-order valence-corrected chi connectivity index (χ0v) is 9.50. The fourth-order valence-electron chi connectivity index (χ4n) is 2.59. The highest BCUT2D eigenvalue weighted by Crippen LogP contribution is 2.47. The standard InChI is InChI=1S/C12H14F3N/c1-12(2)5-8(16-3)9-10(12)6(13)4-7(14)11(9)15/h4,8,16H,5H2,1-3H3. The van der Waals surface area contributed by atoms with Crippen molar-refractivity contribution in [3.05, 3.63) is 34.6 Å². The van der Waals surface area contributed by atoms with E-state index in [0.29, 0.717) is 18.1 Å². The second-order valence-corrected chi connectivity index (χ2v) is 4.87. The Labute approximate surface area is 92.7 Å². The van der Waals surface area contributed by atoms with Crippen molar-refractivity contribution in [2.24, 2.45) is 0 Å². The molecule has 0 fully saturated rings. The summed E-state index contributed by atoms with van der Waals surface area (Å²) in [5.41, 5.74) is -0.0301. The van der Waals surface area contributed by atoms with Gasteiger partial charge in [0.25, 0.3) is 0 Å². The molecule has 0 radical (unpaired) electrons. The normalized spacial score (nSPS) is 22.2. The van der Waals surface area contributed by atoms with Crippen LogP contribution in [0, 0.1) is 17.5 Å². The molecular formula is C12H14F3N. The van der Waals surface area contributed by atoms with Crippen molar-refractivity contribution in [2.75, 3.05) is 7.05 Å². The van der Waals surface area contributed by atoms with Crippen molar-refractivity contribution in [3.8, 4) is 0 Å². The molecule has 0 aliphatic heterocycles. The minimum absolute atomic E-state index is 0.144. The van der Waals surface area contributed by atoms with Crippen molar-refractivity contribution in [3.63, 3.8) is 0 Å². The molecule has 16 heavy (non-hydrogen) atoms. The SMILES string of the molecule is CNC1CC(C)(C)c2c(F)cc(F)c(F)c21. The van der Waals surface area contributed by atoms with E-state index in [2.05, 4.69) is 5.32 Å². The maximum Gasteiger partial charge on any atom is 0.164 e. The van der Waals surface area contributed by atoms with Gasteiger partial charge in [-0.1, -0.05) is 13.8 Å². The molecule has 0 spiro atoms. The van der Waals surface area contributed by atoms with Crippen LogP contribution in [-0.2, 0) is 5.41 Å². The Bertz CT molecular complexity index is 440. The predicted octanol–water partition coefficient (Wildman–Crippen LogP) is 3.05. The second kappa shape index (κ2) is 3.48. The molecule has 1 atom stereocenters. The molecule has 2 rings (SSSR count). The van der Waals surface area contributed by atoms with Gasteiger partial charge in [0.05, 0.1) is 0 Å². The lowest BCUT2D eigenvalue weighted by Crippen LogP contribution is -2.17. The third-order valence-electron chi connectivity index (χ3n) is 3.30. The molecular weight excluding hydrogens is 215 g/mol. The molecule has 1 nitrogen and oxygen atoms in total. The van der Waals surface area contributed by atoms with Crippen LogP contribution in [0.15, 0.2) is 6.07 Å². The summed E-state index contributed by atoms with van der Waals surface area (Å²) >= 11 is 0. The van der Waals surface area contributed by atoms with Gasteiger partial charge in [-0.25, -0.2) is 13.2 Å². The van der Waals surface area contributed by atoms with E-state index in [4.69, 9.17) is 0 Å². The van der Waals surface area contributed by atoms with E-state index < -0.39 is 22.9 Å². The number of hydrogen-bond acceptors (Lipinski definition) is 1. The molecule has 1 N–H and O–H groups in total. The van der Waals surface area contributed by atoms with Gasteiger partial charge in [0.15, 0.2) is 11.6 Å². The summed E-state index contributed by atoms with van der Waals surface area (Å²) in [6, 6.07) is 0.309. The highest BCUT2D eigenvalue weighted by Gasteiger charge is 2.41. The van der Waals surface area contributed by atoms with Crippen LogP contribution in [0.3, 0.4) is 0 Å². The van der Waals surface area contributed by atoms with Gasteiger partial charge in [0, 0.05) is 23.2 Å². The topological polar surface area (TPSA) is 12.0 Å². The predicted molar refractivity (Wildman–Crippen MR) is 55.8 cm³/mol. The molecule has 0 saturated carbocycles. The van der Waals surface area contributed by atoms with Crippen LogP contribution in [-0.4, -0.2) is 7.05 Å². The molecule has 0 bridgehead atoms. The highest BCUT2D eigenvalue weighted by atomic mass is 19.2. The number of rotatable bonds is 1. The van der Waals surface area contributed by atoms with Crippen LogP contribution in [0.4, 0.5) is 13.2 Å². The first-order valence-electron chi connectivity index (χ1n) is 5.23. The minimum Gasteiger partial charge on any atom is -0.313 e. The lowest BCUT2D eigenvalue weighted by molar-refractivity contribution is 0.433. The van der Waals surface area contributed by atoms with Crippen molar-refractivity contribution in [2.45, 2.75) is 31.7 Å². The van der Waals surface area contributed by atoms with E-state index in [1.54, 1.807) is 7.05 Å². The Balaban J connectivity index is 2.74. The zero-order chi connectivity index (χ0) is 12.1. The van der Waals surface area contributed by atoms with Crippen LogP contribution in [0.2, 0.25) is 0 Å². The Hall–Kier alpha value is -1.03. The quantitative estimate of drug-likeness (QED) is 0.730. The summed E-state index contributed by atoms with van der Waals surface area (Å²) in [4.78, 5) is 0. The number of hydrogen-bond donors (Lipinski definition) is 1. The van der Waals surface area contributed by atoms with E-state index >= 15 is 0 Å². The van der Waals surface area contributed by atoms with E-state index in [0.717, 1.165) is 0 Å². The molecule has 1 aromatic rings. The van der Waals surface area contributed by atoms with Crippen molar-refractivity contribution in [1.29, 1.82) is 0 Å². The molecule has 0 heterocycles. The van der Waals surface area contributed by atoms with Gasteiger partial charge in [-0.15, -0.1) is 0 Å². The molecule has 0 amide bonds. The number of nitrogens with one attached hydrogen (secondary N) is 1. The maximum atomic E-state index is 13.7. The van der Waals surface area contributed by atoms with E-state index in [1.807, 2.05) is 13.8 Å². The van der Waals surface area contributed by atoms with E-state index in [9.17, 15) is 13.2 Å². The summed E-state index contributed by atoms with van der Waals surface area (Å²) in [5.74, 6) is -2.70. The van der Waals surface area contributed by atoms with Crippen LogP contribution >= 0.6 is 0 Å². The third-order valence-corrected chi connectivity index (χ3v) is 3.30. The average molecular weight is 229 g/mol. The molecule has 4 heteroatoms. The highest BCUT2D eigenvalue weighted by molar-refractivity contribution is 5.43. The first kappa shape index (κ1) is 11.5. The summed E-state index contributed by atoms with van der Waals surface area (Å²) < 4.78 is 40.5. The molecule has 0 aromatic heterocycles. The Morgan fingerprint density at radius 2 is 1.88 bits per heavy atom. The summed E-state index contributed by atoms with van der Waals surface area (Å²) in [5, 5.41) is 2.90. The molecule has 1 unspecified atom stereocenters. The van der Waals surface area contributed by atoms with Gasteiger partial charge in [0.2, 0.25) is 0 Å². The van der Waals surface area contributed by atoms with Gasteiger partial charge in [0.1, 0.15) is 5.82 Å². The number of benzene rings is 1. The Kier molecular flexibility index (Phi) is 2.49. The zero-order valence-electron chi connectivity index (χ0n) is 9.50. The summed E-state index contributed by atoms with van der Waals surface area (Å²) in [7, 11) is 1.66. The van der Waals surface area contributed by atoms with Gasteiger partial charge in [-0.3, -0.25) is 0 Å². The molecule has 1 aliphatic rings. The second-order valence-electron chi connectivity index (χ2n) is 4.87. The van der Waals surface area contributed by atoms with Gasteiger partial charge < -0.3 is 5.32 Å². The molecule has 0 saturated heterocycles. The van der Waals surface area contributed by atoms with E-state index in [-0.39, 0.29) is 11.6 Å². The Morgan fingerprint density at radius 1 is 1.25 bits per heavy atom. The van der Waals surface area contributed by atoms with Crippen LogP contribution in [0.25, 0.3) is 0 Å². The molecule has 88 valence electrons. The van der Waals surface area contributed by atoms with Crippen LogP contribution < -0.4 is 5.32 Å². The Morgan fingerprint density at radius 3 is 2.44 bits per heavy atom. The van der Waals surface area contributed by atoms with Gasteiger partial charge in [-0.2, -0.15) is 0 Å². The monoisotopic (exact) mass is 229 g/mol. The molecule has 1 aliphatic carbocycles. The first-order valence-corrected chi connectivity index (χ1v) is 5.23. The number of fused-ring (bicyclic) bond motifs is 1. The number of halogens is 3.